The molecule has 0 aliphatic rings. The summed E-state index contributed by atoms with van der Waals surface area (Å²) >= 11 is 5.31. The quantitative estimate of drug-likeness (QED) is 0.771. The van der Waals surface area contributed by atoms with Crippen molar-refractivity contribution in [3.8, 4) is 5.75 Å². The lowest BCUT2D eigenvalue weighted by molar-refractivity contribution is 0.317. The van der Waals surface area contributed by atoms with Gasteiger partial charge in [-0.1, -0.05) is 19.1 Å². The van der Waals surface area contributed by atoms with E-state index in [-0.39, 0.29) is 0 Å². The van der Waals surface area contributed by atoms with Crippen molar-refractivity contribution in [1.82, 2.24) is 5.32 Å². The number of benzene rings is 1. The molecular weight excluding hydrogens is 334 g/mol. The second kappa shape index (κ2) is 7.81. The predicted octanol–water partition coefficient (Wildman–Crippen LogP) is 4.80. The van der Waals surface area contributed by atoms with Gasteiger partial charge in [-0.15, -0.1) is 11.3 Å². The number of halogens is 1. The van der Waals surface area contributed by atoms with Gasteiger partial charge in [0.15, 0.2) is 0 Å². The monoisotopic (exact) mass is 353 g/mol. The lowest BCUT2D eigenvalue weighted by Gasteiger charge is -2.17. The van der Waals surface area contributed by atoms with Gasteiger partial charge >= 0.3 is 0 Å². The van der Waals surface area contributed by atoms with Crippen LogP contribution in [0.15, 0.2) is 40.2 Å². The van der Waals surface area contributed by atoms with E-state index in [1.54, 1.807) is 11.3 Å². The summed E-state index contributed by atoms with van der Waals surface area (Å²) in [4.78, 5) is 1.37. The van der Waals surface area contributed by atoms with E-state index in [1.165, 1.54) is 14.2 Å². The Morgan fingerprint density at radius 2 is 2.15 bits per heavy atom. The van der Waals surface area contributed by atoms with Gasteiger partial charge in [0.05, 0.1) is 10.4 Å². The summed E-state index contributed by atoms with van der Waals surface area (Å²) in [6, 6.07) is 13.0. The molecule has 0 aliphatic carbocycles. The van der Waals surface area contributed by atoms with E-state index >= 15 is 0 Å². The maximum absolute atomic E-state index is 5.71. The Kier molecular flexibility index (Phi) is 6.07. The van der Waals surface area contributed by atoms with Crippen molar-refractivity contribution < 1.29 is 4.74 Å². The molecule has 0 amide bonds. The van der Waals surface area contributed by atoms with Crippen LogP contribution in [-0.2, 0) is 6.42 Å². The van der Waals surface area contributed by atoms with Crippen LogP contribution in [0.2, 0.25) is 0 Å². The summed E-state index contributed by atoms with van der Waals surface area (Å²) in [5.74, 6) is 0.956. The highest BCUT2D eigenvalue weighted by Crippen LogP contribution is 2.28. The van der Waals surface area contributed by atoms with Gasteiger partial charge in [0.25, 0.3) is 0 Å². The Hall–Kier alpha value is -0.840. The molecule has 1 aromatic heterocycles. The van der Waals surface area contributed by atoms with Crippen LogP contribution in [0.4, 0.5) is 0 Å². The first-order valence-electron chi connectivity index (χ1n) is 6.87. The van der Waals surface area contributed by atoms with Crippen LogP contribution in [0, 0.1) is 0 Å². The van der Waals surface area contributed by atoms with E-state index in [9.17, 15) is 0 Å². The maximum atomic E-state index is 5.71. The normalized spacial score (nSPS) is 12.3. The molecule has 2 rings (SSSR count). The number of nitrogens with one attached hydrogen (secondary N) is 1. The van der Waals surface area contributed by atoms with Gasteiger partial charge < -0.3 is 10.1 Å². The van der Waals surface area contributed by atoms with Gasteiger partial charge in [-0.3, -0.25) is 0 Å². The fraction of sp³-hybridized carbons (Fsp3) is 0.375. The molecule has 0 bridgehead atoms. The van der Waals surface area contributed by atoms with Gasteiger partial charge in [0, 0.05) is 17.3 Å². The van der Waals surface area contributed by atoms with E-state index in [2.05, 4.69) is 58.5 Å². The average molecular weight is 354 g/mol. The predicted molar refractivity (Wildman–Crippen MR) is 89.8 cm³/mol. The molecule has 1 aromatic carbocycles. The molecule has 2 aromatic rings. The van der Waals surface area contributed by atoms with Crippen molar-refractivity contribution in [1.29, 1.82) is 0 Å². The van der Waals surface area contributed by atoms with E-state index in [0.717, 1.165) is 25.2 Å². The van der Waals surface area contributed by atoms with Crippen molar-refractivity contribution in [2.24, 2.45) is 0 Å². The minimum Gasteiger partial charge on any atom is -0.494 e. The SMILES string of the molecule is CCCOc1cccc(C(Cc2ccc(Br)s2)NC)c1. The zero-order chi connectivity index (χ0) is 14.4. The maximum Gasteiger partial charge on any atom is 0.119 e. The molecule has 1 atom stereocenters. The number of hydrogen-bond acceptors (Lipinski definition) is 3. The van der Waals surface area contributed by atoms with Gasteiger partial charge in [-0.2, -0.15) is 0 Å². The first kappa shape index (κ1) is 15.5. The largest absolute Gasteiger partial charge is 0.494 e. The van der Waals surface area contributed by atoms with Gasteiger partial charge in [0.2, 0.25) is 0 Å². The Balaban J connectivity index is 2.10. The summed E-state index contributed by atoms with van der Waals surface area (Å²) in [5.41, 5.74) is 1.27. The molecule has 1 heterocycles. The van der Waals surface area contributed by atoms with Crippen molar-refractivity contribution in [3.05, 3.63) is 50.6 Å². The smallest absolute Gasteiger partial charge is 0.119 e. The zero-order valence-electron chi connectivity index (χ0n) is 11.9. The van der Waals surface area contributed by atoms with Crippen LogP contribution in [-0.4, -0.2) is 13.7 Å². The summed E-state index contributed by atoms with van der Waals surface area (Å²) in [6.45, 7) is 2.89. The topological polar surface area (TPSA) is 21.3 Å². The van der Waals surface area contributed by atoms with Crippen molar-refractivity contribution in [2.75, 3.05) is 13.7 Å². The van der Waals surface area contributed by atoms with Crippen molar-refractivity contribution in [3.63, 3.8) is 0 Å². The van der Waals surface area contributed by atoms with Crippen LogP contribution in [0.5, 0.6) is 5.75 Å². The highest BCUT2D eigenvalue weighted by atomic mass is 79.9. The molecule has 0 saturated heterocycles. The number of thiophene rings is 1. The Morgan fingerprint density at radius 3 is 2.80 bits per heavy atom. The van der Waals surface area contributed by atoms with Crippen molar-refractivity contribution in [2.45, 2.75) is 25.8 Å². The molecular formula is C16H20BrNOS. The van der Waals surface area contributed by atoms with E-state index < -0.39 is 0 Å². The van der Waals surface area contributed by atoms with Crippen LogP contribution < -0.4 is 10.1 Å². The highest BCUT2D eigenvalue weighted by molar-refractivity contribution is 9.11. The molecule has 0 spiro atoms. The van der Waals surface area contributed by atoms with E-state index in [1.807, 2.05) is 13.1 Å². The third kappa shape index (κ3) is 4.33. The van der Waals surface area contributed by atoms with Crippen LogP contribution in [0.25, 0.3) is 0 Å². The molecule has 2 nitrogen and oxygen atoms in total. The van der Waals surface area contributed by atoms with E-state index in [4.69, 9.17) is 4.74 Å². The van der Waals surface area contributed by atoms with Crippen LogP contribution in [0.3, 0.4) is 0 Å². The second-order valence-corrected chi connectivity index (χ2v) is 7.22. The zero-order valence-corrected chi connectivity index (χ0v) is 14.3. The van der Waals surface area contributed by atoms with Gasteiger partial charge in [0.1, 0.15) is 5.75 Å². The Bertz CT molecular complexity index is 541. The molecule has 1 N–H and O–H groups in total. The number of ether oxygens (including phenoxy) is 1. The summed E-state index contributed by atoms with van der Waals surface area (Å²) in [5, 5.41) is 3.40. The first-order valence-corrected chi connectivity index (χ1v) is 8.48. The van der Waals surface area contributed by atoms with Crippen molar-refractivity contribution >= 4 is 27.3 Å². The fourth-order valence-electron chi connectivity index (χ4n) is 2.09. The molecule has 4 heteroatoms. The highest BCUT2D eigenvalue weighted by Gasteiger charge is 2.12. The van der Waals surface area contributed by atoms with Crippen LogP contribution >= 0.6 is 27.3 Å². The number of rotatable bonds is 7. The molecule has 0 aliphatic heterocycles. The third-order valence-electron chi connectivity index (χ3n) is 3.12. The minimum atomic E-state index is 0.311. The Morgan fingerprint density at radius 1 is 1.30 bits per heavy atom. The van der Waals surface area contributed by atoms with Gasteiger partial charge in [-0.05, 0) is 59.2 Å². The summed E-state index contributed by atoms with van der Waals surface area (Å²) in [6.07, 6.45) is 2.02. The second-order valence-electron chi connectivity index (χ2n) is 4.67. The Labute approximate surface area is 133 Å². The third-order valence-corrected chi connectivity index (χ3v) is 4.76. The molecule has 0 radical (unpaired) electrons. The molecule has 1 unspecified atom stereocenters. The fourth-order valence-corrected chi connectivity index (χ4v) is 3.62. The van der Waals surface area contributed by atoms with Crippen LogP contribution in [0.1, 0.15) is 29.8 Å². The molecule has 108 valence electrons. The summed E-state index contributed by atoms with van der Waals surface area (Å²) < 4.78 is 6.89. The standard InChI is InChI=1S/C16H20BrNOS/c1-3-9-19-13-6-4-5-12(10-13)15(18-2)11-14-7-8-16(17)20-14/h4-8,10,15,18H,3,9,11H2,1-2H3. The first-order chi connectivity index (χ1) is 9.72. The molecule has 20 heavy (non-hydrogen) atoms. The summed E-state index contributed by atoms with van der Waals surface area (Å²) in [7, 11) is 2.01. The average Bonchev–Trinajstić information content (AvgIpc) is 2.88. The number of hydrogen-bond donors (Lipinski definition) is 1. The minimum absolute atomic E-state index is 0.311. The number of likely N-dealkylation sites (N-methyl/N-ethyl adjacent to an activating group) is 1. The molecule has 0 fully saturated rings. The lowest BCUT2D eigenvalue weighted by atomic mass is 10.0. The lowest BCUT2D eigenvalue weighted by Crippen LogP contribution is -2.18. The van der Waals surface area contributed by atoms with Gasteiger partial charge in [-0.25, -0.2) is 0 Å². The molecule has 0 saturated carbocycles. The van der Waals surface area contributed by atoms with E-state index in [0.29, 0.717) is 6.04 Å².